The lowest BCUT2D eigenvalue weighted by molar-refractivity contribution is -0.111. The number of benzene rings is 1. The van der Waals surface area contributed by atoms with Crippen LogP contribution >= 0.6 is 11.6 Å². The summed E-state index contributed by atoms with van der Waals surface area (Å²) in [6, 6.07) is 2.73. The molecular formula is C15H19ClFNO. The Morgan fingerprint density at radius 3 is 2.63 bits per heavy atom. The molecule has 1 amide bonds. The second-order valence-corrected chi connectivity index (χ2v) is 6.05. The van der Waals surface area contributed by atoms with E-state index in [-0.39, 0.29) is 17.3 Å². The Morgan fingerprint density at radius 2 is 2.05 bits per heavy atom. The monoisotopic (exact) mass is 283 g/mol. The molecule has 0 saturated heterocycles. The zero-order chi connectivity index (χ0) is 14.0. The molecule has 4 heteroatoms. The number of hydrogen-bond donors (Lipinski definition) is 1. The van der Waals surface area contributed by atoms with Crippen LogP contribution in [-0.4, -0.2) is 6.41 Å². The Morgan fingerprint density at radius 1 is 1.42 bits per heavy atom. The first-order valence-electron chi connectivity index (χ1n) is 6.64. The molecule has 1 aliphatic carbocycles. The van der Waals surface area contributed by atoms with Crippen LogP contribution in [0.15, 0.2) is 12.1 Å². The van der Waals surface area contributed by atoms with Crippen LogP contribution in [-0.2, 0) is 4.79 Å². The van der Waals surface area contributed by atoms with Gasteiger partial charge in [0.05, 0.1) is 11.1 Å². The molecule has 2 nitrogen and oxygen atoms in total. The first-order valence-corrected chi connectivity index (χ1v) is 7.01. The first kappa shape index (κ1) is 14.3. The summed E-state index contributed by atoms with van der Waals surface area (Å²) >= 11 is 6.27. The number of rotatable bonds is 4. The number of aryl methyl sites for hydroxylation is 1. The summed E-state index contributed by atoms with van der Waals surface area (Å²) in [5.74, 6) is -0.344. The van der Waals surface area contributed by atoms with E-state index in [0.717, 1.165) is 31.2 Å². The van der Waals surface area contributed by atoms with Gasteiger partial charge in [-0.1, -0.05) is 37.4 Å². The molecule has 1 aromatic carbocycles. The molecule has 19 heavy (non-hydrogen) atoms. The Bertz CT molecular complexity index is 483. The molecule has 0 aliphatic heterocycles. The van der Waals surface area contributed by atoms with Crippen LogP contribution < -0.4 is 5.32 Å². The van der Waals surface area contributed by atoms with E-state index in [1.807, 2.05) is 6.92 Å². The first-order chi connectivity index (χ1) is 8.99. The summed E-state index contributed by atoms with van der Waals surface area (Å²) in [5, 5.41) is 3.21. The SMILES string of the molecule is Cc1ccc(F)c(C(NC=O)C2(C)CCCC2)c1Cl. The number of amides is 1. The third kappa shape index (κ3) is 2.62. The highest BCUT2D eigenvalue weighted by Gasteiger charge is 2.40. The van der Waals surface area contributed by atoms with Crippen molar-refractivity contribution in [2.24, 2.45) is 5.41 Å². The summed E-state index contributed by atoms with van der Waals surface area (Å²) in [4.78, 5) is 10.9. The second-order valence-electron chi connectivity index (χ2n) is 5.67. The van der Waals surface area contributed by atoms with Crippen molar-refractivity contribution in [2.75, 3.05) is 0 Å². The van der Waals surface area contributed by atoms with Crippen LogP contribution in [0.5, 0.6) is 0 Å². The summed E-state index contributed by atoms with van der Waals surface area (Å²) in [6.07, 6.45) is 4.81. The summed E-state index contributed by atoms with van der Waals surface area (Å²) in [5.41, 5.74) is 1.13. The van der Waals surface area contributed by atoms with Crippen molar-refractivity contribution < 1.29 is 9.18 Å². The average molecular weight is 284 g/mol. The molecule has 0 heterocycles. The second kappa shape index (κ2) is 5.49. The van der Waals surface area contributed by atoms with Crippen molar-refractivity contribution in [3.05, 3.63) is 34.1 Å². The van der Waals surface area contributed by atoms with Gasteiger partial charge in [-0.2, -0.15) is 0 Å². The van der Waals surface area contributed by atoms with Crippen LogP contribution in [0.25, 0.3) is 0 Å². The van der Waals surface area contributed by atoms with E-state index in [1.54, 1.807) is 6.07 Å². The van der Waals surface area contributed by atoms with E-state index in [2.05, 4.69) is 12.2 Å². The lowest BCUT2D eigenvalue weighted by Gasteiger charge is -2.35. The third-order valence-electron chi connectivity index (χ3n) is 4.29. The molecule has 104 valence electrons. The van der Waals surface area contributed by atoms with Gasteiger partial charge in [0.2, 0.25) is 6.41 Å². The molecule has 0 spiro atoms. The Balaban J connectivity index is 2.50. The minimum absolute atomic E-state index is 0.126. The van der Waals surface area contributed by atoms with Gasteiger partial charge in [0, 0.05) is 5.56 Å². The summed E-state index contributed by atoms with van der Waals surface area (Å²) in [7, 11) is 0. The molecular weight excluding hydrogens is 265 g/mol. The van der Waals surface area contributed by atoms with E-state index in [4.69, 9.17) is 11.6 Å². The van der Waals surface area contributed by atoms with Gasteiger partial charge in [0.1, 0.15) is 5.82 Å². The zero-order valence-electron chi connectivity index (χ0n) is 11.3. The van der Waals surface area contributed by atoms with E-state index in [1.165, 1.54) is 6.07 Å². The molecule has 0 bridgehead atoms. The van der Waals surface area contributed by atoms with Crippen molar-refractivity contribution in [1.82, 2.24) is 5.32 Å². The fourth-order valence-electron chi connectivity index (χ4n) is 3.12. The van der Waals surface area contributed by atoms with Crippen LogP contribution in [0.1, 0.15) is 49.8 Å². The van der Waals surface area contributed by atoms with Gasteiger partial charge in [-0.25, -0.2) is 4.39 Å². The van der Waals surface area contributed by atoms with Gasteiger partial charge in [-0.15, -0.1) is 0 Å². The van der Waals surface area contributed by atoms with Crippen LogP contribution in [0.3, 0.4) is 0 Å². The predicted molar refractivity (Wildman–Crippen MR) is 74.7 cm³/mol. The van der Waals surface area contributed by atoms with Crippen molar-refractivity contribution >= 4 is 18.0 Å². The number of nitrogens with one attached hydrogen (secondary N) is 1. The van der Waals surface area contributed by atoms with Crippen molar-refractivity contribution in [3.8, 4) is 0 Å². The topological polar surface area (TPSA) is 29.1 Å². The number of carbonyl (C=O) groups is 1. The molecule has 1 aliphatic rings. The quantitative estimate of drug-likeness (QED) is 0.826. The van der Waals surface area contributed by atoms with E-state index >= 15 is 0 Å². The Kier molecular flexibility index (Phi) is 4.14. The van der Waals surface area contributed by atoms with Gasteiger partial charge in [0.15, 0.2) is 0 Å². The molecule has 1 saturated carbocycles. The zero-order valence-corrected chi connectivity index (χ0v) is 12.1. The molecule has 1 atom stereocenters. The highest BCUT2D eigenvalue weighted by Crippen LogP contribution is 2.49. The van der Waals surface area contributed by atoms with Crippen LogP contribution in [0.2, 0.25) is 5.02 Å². The van der Waals surface area contributed by atoms with E-state index < -0.39 is 0 Å². The van der Waals surface area contributed by atoms with Gasteiger partial charge in [0.25, 0.3) is 0 Å². The molecule has 1 N–H and O–H groups in total. The standard InChI is InChI=1S/C15H19ClFNO/c1-10-5-6-11(17)12(13(10)16)14(18-9-19)15(2)7-3-4-8-15/h5-6,9,14H,3-4,7-8H2,1-2H3,(H,18,19). The van der Waals surface area contributed by atoms with Gasteiger partial charge in [-0.05, 0) is 36.8 Å². The lowest BCUT2D eigenvalue weighted by Crippen LogP contribution is -2.34. The highest BCUT2D eigenvalue weighted by atomic mass is 35.5. The maximum Gasteiger partial charge on any atom is 0.207 e. The van der Waals surface area contributed by atoms with E-state index in [9.17, 15) is 9.18 Å². The molecule has 1 fully saturated rings. The molecule has 1 unspecified atom stereocenters. The number of halogens is 2. The Hall–Kier alpha value is -1.09. The van der Waals surface area contributed by atoms with Gasteiger partial charge >= 0.3 is 0 Å². The fraction of sp³-hybridized carbons (Fsp3) is 0.533. The minimum atomic E-state index is -0.361. The molecule has 2 rings (SSSR count). The Labute approximate surface area is 118 Å². The largest absolute Gasteiger partial charge is 0.351 e. The van der Waals surface area contributed by atoms with Crippen molar-refractivity contribution in [3.63, 3.8) is 0 Å². The maximum atomic E-state index is 14.2. The molecule has 0 aromatic heterocycles. The van der Waals surface area contributed by atoms with E-state index in [0.29, 0.717) is 17.0 Å². The molecule has 0 radical (unpaired) electrons. The highest BCUT2D eigenvalue weighted by molar-refractivity contribution is 6.32. The summed E-state index contributed by atoms with van der Waals surface area (Å²) < 4.78 is 14.2. The smallest absolute Gasteiger partial charge is 0.207 e. The minimum Gasteiger partial charge on any atom is -0.351 e. The van der Waals surface area contributed by atoms with Gasteiger partial charge in [-0.3, -0.25) is 4.79 Å². The number of hydrogen-bond acceptors (Lipinski definition) is 1. The van der Waals surface area contributed by atoms with Crippen molar-refractivity contribution in [2.45, 2.75) is 45.6 Å². The molecule has 1 aromatic rings. The van der Waals surface area contributed by atoms with Crippen LogP contribution in [0, 0.1) is 18.2 Å². The lowest BCUT2D eigenvalue weighted by atomic mass is 9.77. The van der Waals surface area contributed by atoms with Gasteiger partial charge < -0.3 is 5.32 Å². The number of carbonyl (C=O) groups excluding carboxylic acids is 1. The maximum absolute atomic E-state index is 14.2. The van der Waals surface area contributed by atoms with Crippen LogP contribution in [0.4, 0.5) is 4.39 Å². The average Bonchev–Trinajstić information content (AvgIpc) is 2.81. The van der Waals surface area contributed by atoms with Crippen molar-refractivity contribution in [1.29, 1.82) is 0 Å². The third-order valence-corrected chi connectivity index (χ3v) is 4.79. The summed E-state index contributed by atoms with van der Waals surface area (Å²) in [6.45, 7) is 3.94. The predicted octanol–water partition coefficient (Wildman–Crippen LogP) is 4.15. The fourth-order valence-corrected chi connectivity index (χ4v) is 3.38. The normalized spacial score (nSPS) is 19.2.